The lowest BCUT2D eigenvalue weighted by molar-refractivity contribution is -0.121. The first-order valence-corrected chi connectivity index (χ1v) is 15.0. The summed E-state index contributed by atoms with van der Waals surface area (Å²) in [6.45, 7) is 7.45. The molecule has 1 amide bonds. The lowest BCUT2D eigenvalue weighted by atomic mass is 9.87. The second-order valence-electron chi connectivity index (χ2n) is 9.79. The molecule has 6 nitrogen and oxygen atoms in total. The van der Waals surface area contributed by atoms with Gasteiger partial charge in [-0.3, -0.25) is 9.10 Å². The molecule has 198 valence electrons. The standard InChI is InChI=1S/C29H36N2O4S2/c1-29(2,3)23-16-18-24(19-17-23)35-22-20-30-28(32)15-10-21-31(37(4,33)34)26-13-8-9-14-27(26)36-25-11-6-5-7-12-25/h5-9,11-14,16-19H,10,15,20-22H2,1-4H3,(H,30,32). The average Bonchev–Trinajstić information content (AvgIpc) is 2.85. The van der Waals surface area contributed by atoms with Crippen LogP contribution >= 0.6 is 11.8 Å². The fourth-order valence-corrected chi connectivity index (χ4v) is 5.72. The minimum Gasteiger partial charge on any atom is -0.492 e. The molecule has 0 radical (unpaired) electrons. The number of nitrogens with one attached hydrogen (secondary N) is 1. The predicted molar refractivity (Wildman–Crippen MR) is 152 cm³/mol. The maximum atomic E-state index is 12.6. The van der Waals surface area contributed by atoms with E-state index in [-0.39, 0.29) is 24.3 Å². The lowest BCUT2D eigenvalue weighted by Crippen LogP contribution is -2.33. The van der Waals surface area contributed by atoms with Gasteiger partial charge in [-0.1, -0.05) is 75.0 Å². The maximum absolute atomic E-state index is 12.6. The third-order valence-electron chi connectivity index (χ3n) is 5.68. The summed E-state index contributed by atoms with van der Waals surface area (Å²) in [5, 5.41) is 2.85. The molecule has 37 heavy (non-hydrogen) atoms. The van der Waals surface area contributed by atoms with E-state index in [0.29, 0.717) is 25.3 Å². The Morgan fingerprint density at radius 2 is 1.59 bits per heavy atom. The van der Waals surface area contributed by atoms with Crippen molar-refractivity contribution in [1.29, 1.82) is 0 Å². The van der Waals surface area contributed by atoms with Gasteiger partial charge >= 0.3 is 0 Å². The Hall–Kier alpha value is -2.97. The predicted octanol–water partition coefficient (Wildman–Crippen LogP) is 5.88. The molecule has 0 atom stereocenters. The Balaban J connectivity index is 1.49. The smallest absolute Gasteiger partial charge is 0.232 e. The molecule has 0 bridgehead atoms. The van der Waals surface area contributed by atoms with E-state index in [1.54, 1.807) is 6.07 Å². The number of amides is 1. The monoisotopic (exact) mass is 540 g/mol. The van der Waals surface area contributed by atoms with Crippen molar-refractivity contribution in [1.82, 2.24) is 5.32 Å². The molecule has 1 N–H and O–H groups in total. The molecule has 0 unspecified atom stereocenters. The summed E-state index contributed by atoms with van der Waals surface area (Å²) >= 11 is 1.51. The van der Waals surface area contributed by atoms with Gasteiger partial charge in [-0.2, -0.15) is 0 Å². The van der Waals surface area contributed by atoms with E-state index in [1.165, 1.54) is 27.9 Å². The Labute approximate surface area is 225 Å². The zero-order valence-electron chi connectivity index (χ0n) is 21.9. The topological polar surface area (TPSA) is 75.7 Å². The van der Waals surface area contributed by atoms with Gasteiger partial charge in [-0.05, 0) is 53.8 Å². The van der Waals surface area contributed by atoms with Crippen LogP contribution in [0.15, 0.2) is 88.7 Å². The second-order valence-corrected chi connectivity index (χ2v) is 12.8. The van der Waals surface area contributed by atoms with Crippen molar-refractivity contribution in [2.45, 2.75) is 48.8 Å². The molecule has 3 rings (SSSR count). The van der Waals surface area contributed by atoms with Crippen LogP contribution in [0.3, 0.4) is 0 Å². The van der Waals surface area contributed by atoms with E-state index in [2.05, 4.69) is 38.2 Å². The van der Waals surface area contributed by atoms with Gasteiger partial charge in [0.15, 0.2) is 0 Å². The van der Waals surface area contributed by atoms with Crippen LogP contribution in [0.25, 0.3) is 0 Å². The summed E-state index contributed by atoms with van der Waals surface area (Å²) in [6.07, 6.45) is 1.82. The molecule has 0 saturated heterocycles. The largest absolute Gasteiger partial charge is 0.492 e. The van der Waals surface area contributed by atoms with Crippen molar-refractivity contribution < 1.29 is 17.9 Å². The van der Waals surface area contributed by atoms with Crippen LogP contribution in [0.1, 0.15) is 39.2 Å². The van der Waals surface area contributed by atoms with E-state index in [0.717, 1.165) is 15.5 Å². The third kappa shape index (κ3) is 9.13. The molecule has 8 heteroatoms. The molecule has 0 heterocycles. The van der Waals surface area contributed by atoms with Crippen LogP contribution in [0, 0.1) is 0 Å². The van der Waals surface area contributed by atoms with Crippen LogP contribution in [-0.4, -0.2) is 40.3 Å². The number of hydrogen-bond acceptors (Lipinski definition) is 5. The highest BCUT2D eigenvalue weighted by Crippen LogP contribution is 2.36. The van der Waals surface area contributed by atoms with Gasteiger partial charge in [0.25, 0.3) is 0 Å². The number of carbonyl (C=O) groups is 1. The highest BCUT2D eigenvalue weighted by Gasteiger charge is 2.21. The zero-order chi connectivity index (χ0) is 26.9. The molecule has 3 aromatic carbocycles. The van der Waals surface area contributed by atoms with E-state index in [4.69, 9.17) is 4.74 Å². The van der Waals surface area contributed by atoms with Crippen molar-refractivity contribution >= 4 is 33.4 Å². The molecule has 0 aliphatic carbocycles. The van der Waals surface area contributed by atoms with Gasteiger partial charge in [0.1, 0.15) is 12.4 Å². The molecule has 3 aromatic rings. The number of ether oxygens (including phenoxy) is 1. The highest BCUT2D eigenvalue weighted by atomic mass is 32.2. The van der Waals surface area contributed by atoms with Crippen LogP contribution in [0.2, 0.25) is 0 Å². The summed E-state index contributed by atoms with van der Waals surface area (Å²) in [5.41, 5.74) is 1.94. The molecule has 0 spiro atoms. The van der Waals surface area contributed by atoms with Gasteiger partial charge in [-0.25, -0.2) is 8.42 Å². The minimum absolute atomic E-state index is 0.0853. The molecule has 0 saturated carbocycles. The molecular formula is C29H36N2O4S2. The van der Waals surface area contributed by atoms with E-state index in [1.807, 2.05) is 60.7 Å². The second kappa shape index (κ2) is 13.0. The van der Waals surface area contributed by atoms with Gasteiger partial charge < -0.3 is 10.1 Å². The van der Waals surface area contributed by atoms with Gasteiger partial charge in [0.2, 0.25) is 15.9 Å². The summed E-state index contributed by atoms with van der Waals surface area (Å²) in [7, 11) is -3.53. The van der Waals surface area contributed by atoms with Crippen LogP contribution in [-0.2, 0) is 20.2 Å². The number of hydrogen-bond donors (Lipinski definition) is 1. The summed E-state index contributed by atoms with van der Waals surface area (Å²) in [5.74, 6) is 0.630. The summed E-state index contributed by atoms with van der Waals surface area (Å²) < 4.78 is 32.4. The van der Waals surface area contributed by atoms with Crippen molar-refractivity contribution in [2.24, 2.45) is 0 Å². The van der Waals surface area contributed by atoms with Crippen molar-refractivity contribution in [3.63, 3.8) is 0 Å². The highest BCUT2D eigenvalue weighted by molar-refractivity contribution is 7.99. The number of nitrogens with zero attached hydrogens (tertiary/aromatic N) is 1. The van der Waals surface area contributed by atoms with Crippen LogP contribution in [0.4, 0.5) is 5.69 Å². The Morgan fingerprint density at radius 3 is 2.24 bits per heavy atom. The quantitative estimate of drug-likeness (QED) is 0.291. The first-order chi connectivity index (χ1) is 17.5. The normalized spacial score (nSPS) is 11.7. The minimum atomic E-state index is -3.53. The number of anilines is 1. The van der Waals surface area contributed by atoms with Crippen molar-refractivity contribution in [2.75, 3.05) is 30.3 Å². The Bertz CT molecular complexity index is 1260. The molecule has 0 aliphatic rings. The van der Waals surface area contributed by atoms with Crippen molar-refractivity contribution in [3.05, 3.63) is 84.4 Å². The first-order valence-electron chi connectivity index (χ1n) is 12.3. The number of carbonyl (C=O) groups excluding carboxylic acids is 1. The van der Waals surface area contributed by atoms with E-state index >= 15 is 0 Å². The number of sulfonamides is 1. The van der Waals surface area contributed by atoms with E-state index in [9.17, 15) is 13.2 Å². The number of rotatable bonds is 12. The third-order valence-corrected chi connectivity index (χ3v) is 7.94. The molecule has 0 fully saturated rings. The van der Waals surface area contributed by atoms with Crippen molar-refractivity contribution in [3.8, 4) is 5.75 Å². The van der Waals surface area contributed by atoms with Crippen LogP contribution < -0.4 is 14.4 Å². The number of benzene rings is 3. The molecule has 0 aliphatic heterocycles. The SMILES string of the molecule is CC(C)(C)c1ccc(OCCNC(=O)CCCN(c2ccccc2Sc2ccccc2)S(C)(=O)=O)cc1. The Kier molecular flexibility index (Phi) is 10.1. The fraction of sp³-hybridized carbons (Fsp3) is 0.345. The fourth-order valence-electron chi connectivity index (χ4n) is 3.71. The Morgan fingerprint density at radius 1 is 0.946 bits per heavy atom. The average molecular weight is 541 g/mol. The van der Waals surface area contributed by atoms with Crippen LogP contribution in [0.5, 0.6) is 5.75 Å². The van der Waals surface area contributed by atoms with Gasteiger partial charge in [0.05, 0.1) is 18.5 Å². The summed E-state index contributed by atoms with van der Waals surface area (Å²) in [6, 6.07) is 25.2. The molecule has 0 aromatic heterocycles. The maximum Gasteiger partial charge on any atom is 0.232 e. The first kappa shape index (κ1) is 28.6. The lowest BCUT2D eigenvalue weighted by Gasteiger charge is -2.24. The summed E-state index contributed by atoms with van der Waals surface area (Å²) in [4.78, 5) is 14.2. The zero-order valence-corrected chi connectivity index (χ0v) is 23.6. The van der Waals surface area contributed by atoms with Gasteiger partial charge in [0, 0.05) is 22.8 Å². The van der Waals surface area contributed by atoms with E-state index < -0.39 is 10.0 Å². The number of para-hydroxylation sites is 1. The van der Waals surface area contributed by atoms with Gasteiger partial charge in [-0.15, -0.1) is 0 Å². The molecular weight excluding hydrogens is 504 g/mol.